The summed E-state index contributed by atoms with van der Waals surface area (Å²) in [5.41, 5.74) is 1.64. The van der Waals surface area contributed by atoms with E-state index in [-0.39, 0.29) is 18.9 Å². The Morgan fingerprint density at radius 2 is 1.97 bits per heavy atom. The van der Waals surface area contributed by atoms with Crippen LogP contribution >= 0.6 is 11.3 Å². The molecule has 10 heteroatoms. The van der Waals surface area contributed by atoms with E-state index in [0.717, 1.165) is 16.3 Å². The minimum absolute atomic E-state index is 0.0691. The average Bonchev–Trinajstić information content (AvgIpc) is 3.26. The van der Waals surface area contributed by atoms with Gasteiger partial charge in [-0.25, -0.2) is 9.78 Å². The minimum Gasteiger partial charge on any atom is -0.445 e. The average molecular weight is 487 g/mol. The predicted molar refractivity (Wildman–Crippen MR) is 127 cm³/mol. The van der Waals surface area contributed by atoms with Crippen LogP contribution in [0.5, 0.6) is 0 Å². The standard InChI is InChI=1S/C24H30N4O5S/c1-15(2)12-19(28-24(32)33-13-16-6-4-3-5-7-16)22(30)27-18-9-8-17-14-34-20(26-17)10-11-25-23(31)21(18)29/h3-7,14-15,18-19H,8-13H2,1-2H3,(H,25,31)(H,27,30)(H,28,32). The van der Waals surface area contributed by atoms with E-state index in [2.05, 4.69) is 20.9 Å². The van der Waals surface area contributed by atoms with Crippen LogP contribution in [0.1, 0.15) is 43.0 Å². The lowest BCUT2D eigenvalue weighted by Crippen LogP contribution is -2.54. The number of thiazole rings is 1. The summed E-state index contributed by atoms with van der Waals surface area (Å²) in [6.45, 7) is 4.20. The molecule has 3 rings (SSSR count). The number of carbonyl (C=O) groups excluding carboxylic acids is 4. The summed E-state index contributed by atoms with van der Waals surface area (Å²) < 4.78 is 5.25. The van der Waals surface area contributed by atoms with Gasteiger partial charge in [-0.3, -0.25) is 14.4 Å². The van der Waals surface area contributed by atoms with E-state index < -0.39 is 35.8 Å². The molecule has 3 N–H and O–H groups in total. The van der Waals surface area contributed by atoms with E-state index in [1.54, 1.807) is 0 Å². The number of Topliss-reactive ketones (excluding diaryl/α,β-unsaturated/α-hetero) is 1. The zero-order chi connectivity index (χ0) is 24.5. The number of nitrogens with zero attached hydrogens (tertiary/aromatic N) is 1. The van der Waals surface area contributed by atoms with Crippen LogP contribution in [0.15, 0.2) is 35.7 Å². The molecule has 1 aliphatic heterocycles. The summed E-state index contributed by atoms with van der Waals surface area (Å²) in [7, 11) is 0. The Morgan fingerprint density at radius 3 is 2.71 bits per heavy atom. The van der Waals surface area contributed by atoms with E-state index in [4.69, 9.17) is 4.74 Å². The van der Waals surface area contributed by atoms with Gasteiger partial charge in [-0.05, 0) is 30.7 Å². The van der Waals surface area contributed by atoms with E-state index in [9.17, 15) is 19.2 Å². The molecule has 3 amide bonds. The van der Waals surface area contributed by atoms with Crippen molar-refractivity contribution in [1.29, 1.82) is 0 Å². The van der Waals surface area contributed by atoms with Gasteiger partial charge in [-0.15, -0.1) is 11.3 Å². The largest absolute Gasteiger partial charge is 0.445 e. The first kappa shape index (κ1) is 25.4. The van der Waals surface area contributed by atoms with Crippen LogP contribution in [0.25, 0.3) is 0 Å². The molecular formula is C24H30N4O5S. The minimum atomic E-state index is -1.02. The van der Waals surface area contributed by atoms with Crippen molar-refractivity contribution in [1.82, 2.24) is 20.9 Å². The number of aromatic nitrogens is 1. The summed E-state index contributed by atoms with van der Waals surface area (Å²) in [6.07, 6.45) is 0.836. The molecule has 0 aliphatic carbocycles. The van der Waals surface area contributed by atoms with Crippen molar-refractivity contribution in [3.05, 3.63) is 52.0 Å². The number of benzene rings is 1. The van der Waals surface area contributed by atoms with Crippen molar-refractivity contribution in [2.45, 2.75) is 58.2 Å². The third-order valence-electron chi connectivity index (χ3n) is 5.30. The van der Waals surface area contributed by atoms with Crippen molar-refractivity contribution in [2.24, 2.45) is 5.92 Å². The lowest BCUT2D eigenvalue weighted by molar-refractivity contribution is -0.140. The summed E-state index contributed by atoms with van der Waals surface area (Å²) in [5.74, 6) is -1.90. The summed E-state index contributed by atoms with van der Waals surface area (Å²) in [6, 6.07) is 7.27. The molecule has 1 aromatic heterocycles. The molecule has 182 valence electrons. The fraction of sp³-hybridized carbons (Fsp3) is 0.458. The van der Waals surface area contributed by atoms with Gasteiger partial charge in [0.05, 0.1) is 16.7 Å². The fourth-order valence-electron chi connectivity index (χ4n) is 3.55. The summed E-state index contributed by atoms with van der Waals surface area (Å²) >= 11 is 1.51. The number of nitrogens with one attached hydrogen (secondary N) is 3. The lowest BCUT2D eigenvalue weighted by Gasteiger charge is -2.23. The molecule has 2 atom stereocenters. The Kier molecular flexibility index (Phi) is 9.15. The summed E-state index contributed by atoms with van der Waals surface area (Å²) in [5, 5.41) is 10.7. The highest BCUT2D eigenvalue weighted by atomic mass is 32.1. The Morgan fingerprint density at radius 1 is 1.21 bits per heavy atom. The van der Waals surface area contributed by atoms with Crippen LogP contribution in [0.4, 0.5) is 4.79 Å². The Balaban J connectivity index is 1.65. The van der Waals surface area contributed by atoms with Crippen LogP contribution in [-0.4, -0.2) is 47.3 Å². The lowest BCUT2D eigenvalue weighted by atomic mass is 10.0. The maximum Gasteiger partial charge on any atom is 0.408 e. The molecule has 2 aromatic rings. The maximum absolute atomic E-state index is 13.1. The SMILES string of the molecule is CC(C)CC(NC(=O)OCc1ccccc1)C(=O)NC1CCc2csc(n2)CCNC(=O)C1=O. The van der Waals surface area contributed by atoms with Crippen LogP contribution in [-0.2, 0) is 38.6 Å². The fourth-order valence-corrected chi connectivity index (χ4v) is 4.38. The highest BCUT2D eigenvalue weighted by molar-refractivity contribution is 7.09. The molecule has 34 heavy (non-hydrogen) atoms. The zero-order valence-corrected chi connectivity index (χ0v) is 20.2. The number of hydrogen-bond donors (Lipinski definition) is 3. The normalized spacial score (nSPS) is 17.3. The molecule has 1 aromatic carbocycles. The second-order valence-electron chi connectivity index (χ2n) is 8.59. The van der Waals surface area contributed by atoms with Crippen molar-refractivity contribution >= 4 is 35.0 Å². The van der Waals surface area contributed by atoms with Crippen LogP contribution in [0, 0.1) is 5.92 Å². The van der Waals surface area contributed by atoms with Gasteiger partial charge in [-0.1, -0.05) is 44.2 Å². The second kappa shape index (κ2) is 12.3. The van der Waals surface area contributed by atoms with Gasteiger partial charge in [0, 0.05) is 18.3 Å². The van der Waals surface area contributed by atoms with Crippen LogP contribution < -0.4 is 16.0 Å². The third-order valence-corrected chi connectivity index (χ3v) is 6.26. The smallest absolute Gasteiger partial charge is 0.408 e. The van der Waals surface area contributed by atoms with E-state index in [0.29, 0.717) is 25.8 Å². The van der Waals surface area contributed by atoms with Gasteiger partial charge in [0.25, 0.3) is 5.91 Å². The number of ether oxygens (including phenoxy) is 1. The Bertz CT molecular complexity index is 1010. The Labute approximate surface area is 202 Å². The van der Waals surface area contributed by atoms with Crippen molar-refractivity contribution in [3.8, 4) is 0 Å². The predicted octanol–water partition coefficient (Wildman–Crippen LogP) is 2.14. The number of aryl methyl sites for hydroxylation is 1. The summed E-state index contributed by atoms with van der Waals surface area (Å²) in [4.78, 5) is 55.0. The highest BCUT2D eigenvalue weighted by Crippen LogP contribution is 2.14. The van der Waals surface area contributed by atoms with Crippen molar-refractivity contribution in [2.75, 3.05) is 6.54 Å². The number of alkyl carbamates (subject to hydrolysis) is 1. The Hall–Kier alpha value is -3.27. The zero-order valence-electron chi connectivity index (χ0n) is 19.3. The number of hydrogen-bond acceptors (Lipinski definition) is 7. The molecule has 0 spiro atoms. The van der Waals surface area contributed by atoms with Crippen LogP contribution in [0.3, 0.4) is 0 Å². The van der Waals surface area contributed by atoms with Crippen molar-refractivity contribution < 1.29 is 23.9 Å². The molecule has 2 bridgehead atoms. The molecular weight excluding hydrogens is 456 g/mol. The van der Waals surface area contributed by atoms with Gasteiger partial charge in [0.15, 0.2) is 0 Å². The van der Waals surface area contributed by atoms with E-state index >= 15 is 0 Å². The van der Waals surface area contributed by atoms with Gasteiger partial charge in [0.1, 0.15) is 12.6 Å². The number of rotatable bonds is 7. The molecule has 0 radical (unpaired) electrons. The molecule has 0 saturated heterocycles. The van der Waals surface area contributed by atoms with Crippen LogP contribution in [0.2, 0.25) is 0 Å². The van der Waals surface area contributed by atoms with Gasteiger partial charge in [-0.2, -0.15) is 0 Å². The quantitative estimate of drug-likeness (QED) is 0.515. The van der Waals surface area contributed by atoms with Gasteiger partial charge in [0.2, 0.25) is 11.7 Å². The molecule has 1 aliphatic rings. The topological polar surface area (TPSA) is 126 Å². The monoisotopic (exact) mass is 486 g/mol. The number of ketones is 1. The van der Waals surface area contributed by atoms with Gasteiger partial charge >= 0.3 is 6.09 Å². The second-order valence-corrected chi connectivity index (χ2v) is 9.53. The van der Waals surface area contributed by atoms with E-state index in [1.807, 2.05) is 49.6 Å². The maximum atomic E-state index is 13.1. The first-order valence-electron chi connectivity index (χ1n) is 11.3. The first-order valence-corrected chi connectivity index (χ1v) is 12.2. The molecule has 0 fully saturated rings. The number of amides is 3. The number of carbonyl (C=O) groups is 4. The molecule has 2 heterocycles. The third kappa shape index (κ3) is 7.65. The first-order chi connectivity index (χ1) is 16.3. The molecule has 2 unspecified atom stereocenters. The molecule has 0 saturated carbocycles. The number of fused-ring (bicyclic) bond motifs is 2. The highest BCUT2D eigenvalue weighted by Gasteiger charge is 2.31. The van der Waals surface area contributed by atoms with E-state index in [1.165, 1.54) is 11.3 Å². The van der Waals surface area contributed by atoms with Gasteiger partial charge < -0.3 is 20.7 Å². The molecule has 9 nitrogen and oxygen atoms in total. The van der Waals surface area contributed by atoms with Crippen molar-refractivity contribution in [3.63, 3.8) is 0 Å².